The number of nitrogens with one attached hydrogen (secondary N) is 1. The number of hydrogen-bond acceptors (Lipinski definition) is 7. The fraction of sp³-hybridized carbons (Fsp3) is 0.732. The van der Waals surface area contributed by atoms with E-state index in [2.05, 4.69) is 67.8 Å². The molecule has 51 heavy (non-hydrogen) atoms. The molecular formula is C41H73N2O7P. The number of aliphatic hydroxyl groups excluding tert-OH is 1. The van der Waals surface area contributed by atoms with E-state index in [1.165, 1.54) is 57.8 Å². The highest BCUT2D eigenvalue weighted by atomic mass is 31.2. The molecule has 1 saturated heterocycles. The third-order valence-electron chi connectivity index (χ3n) is 8.62. The van der Waals surface area contributed by atoms with E-state index < -0.39 is 26.6 Å². The molecule has 0 bridgehead atoms. The average molecular weight is 737 g/mol. The van der Waals surface area contributed by atoms with Gasteiger partial charge in [0.1, 0.15) is 13.2 Å². The molecular weight excluding hydrogens is 663 g/mol. The zero-order valence-corrected chi connectivity index (χ0v) is 33.6. The van der Waals surface area contributed by atoms with Crippen molar-refractivity contribution in [3.8, 4) is 0 Å². The van der Waals surface area contributed by atoms with Crippen molar-refractivity contribution in [1.82, 2.24) is 5.32 Å². The molecule has 294 valence electrons. The number of allylic oxidation sites excluding steroid dienone is 8. The lowest BCUT2D eigenvalue weighted by atomic mass is 10.1. The van der Waals surface area contributed by atoms with E-state index in [4.69, 9.17) is 13.8 Å². The normalized spacial score (nSPS) is 19.2. The summed E-state index contributed by atoms with van der Waals surface area (Å²) in [5.41, 5.74) is 0. The molecule has 5 atom stereocenters. The Morgan fingerprint density at radius 3 is 2.14 bits per heavy atom. The van der Waals surface area contributed by atoms with Crippen LogP contribution in [0.2, 0.25) is 0 Å². The minimum absolute atomic E-state index is 0.0216. The van der Waals surface area contributed by atoms with Gasteiger partial charge in [-0.05, 0) is 64.2 Å². The fourth-order valence-corrected chi connectivity index (χ4v) is 6.03. The first kappa shape index (κ1) is 47.2. The number of amides is 1. The van der Waals surface area contributed by atoms with Crippen LogP contribution < -0.4 is 10.2 Å². The second-order valence-electron chi connectivity index (χ2n) is 14.7. The molecule has 0 aromatic rings. The minimum atomic E-state index is -4.61. The highest BCUT2D eigenvalue weighted by Gasteiger charge is 2.36. The number of phosphoric acid groups is 1. The van der Waals surface area contributed by atoms with Crippen LogP contribution in [0.25, 0.3) is 0 Å². The highest BCUT2D eigenvalue weighted by Crippen LogP contribution is 2.38. The molecule has 2 N–H and O–H groups in total. The third-order valence-corrected chi connectivity index (χ3v) is 9.59. The van der Waals surface area contributed by atoms with Crippen molar-refractivity contribution >= 4 is 13.7 Å². The van der Waals surface area contributed by atoms with Gasteiger partial charge in [-0.1, -0.05) is 120 Å². The summed E-state index contributed by atoms with van der Waals surface area (Å²) >= 11 is 0. The van der Waals surface area contributed by atoms with E-state index in [0.717, 1.165) is 44.9 Å². The van der Waals surface area contributed by atoms with E-state index in [-0.39, 0.29) is 18.9 Å². The average Bonchev–Trinajstić information content (AvgIpc) is 3.83. The van der Waals surface area contributed by atoms with Gasteiger partial charge >= 0.3 is 0 Å². The lowest BCUT2D eigenvalue weighted by molar-refractivity contribution is -0.870. The van der Waals surface area contributed by atoms with Gasteiger partial charge in [0.15, 0.2) is 0 Å². The van der Waals surface area contributed by atoms with Crippen LogP contribution in [0, 0.1) is 0 Å². The predicted molar refractivity (Wildman–Crippen MR) is 209 cm³/mol. The Bertz CT molecular complexity index is 1080. The summed E-state index contributed by atoms with van der Waals surface area (Å²) in [5, 5.41) is 13.6. The van der Waals surface area contributed by atoms with Crippen LogP contribution in [0.3, 0.4) is 0 Å². The van der Waals surface area contributed by atoms with Crippen molar-refractivity contribution in [1.29, 1.82) is 0 Å². The summed E-state index contributed by atoms with van der Waals surface area (Å²) in [5.74, 6) is -0.270. The number of quaternary nitrogens is 1. The van der Waals surface area contributed by atoms with Gasteiger partial charge in [-0.2, -0.15) is 0 Å². The van der Waals surface area contributed by atoms with Crippen LogP contribution >= 0.6 is 7.82 Å². The summed E-state index contributed by atoms with van der Waals surface area (Å²) < 4.78 is 28.8. The molecule has 9 nitrogen and oxygen atoms in total. The van der Waals surface area contributed by atoms with E-state index in [1.54, 1.807) is 6.08 Å². The fourth-order valence-electron chi connectivity index (χ4n) is 5.31. The van der Waals surface area contributed by atoms with E-state index in [9.17, 15) is 19.4 Å². The third kappa shape index (κ3) is 29.3. The number of carbonyl (C=O) groups excluding carboxylic acids is 1. The van der Waals surface area contributed by atoms with Gasteiger partial charge in [-0.15, -0.1) is 0 Å². The summed E-state index contributed by atoms with van der Waals surface area (Å²) in [6.45, 7) is 4.48. The van der Waals surface area contributed by atoms with Gasteiger partial charge < -0.3 is 33.6 Å². The molecule has 1 aliphatic rings. The number of aliphatic hydroxyl groups is 1. The molecule has 1 amide bonds. The maximum Gasteiger partial charge on any atom is 0.268 e. The van der Waals surface area contributed by atoms with E-state index in [0.29, 0.717) is 29.7 Å². The SMILES string of the molecule is CCCCCCC/C=C\CC/C=C/[C@@H](O)[C@H](COP(=O)([O-])OCC[N+](C)(C)C)NC(=O)CCC/C=C\C/C=C\C/C=C\CC1OC1CCCCC. The second kappa shape index (κ2) is 29.6. The number of phosphoric ester groups is 1. The zero-order valence-electron chi connectivity index (χ0n) is 32.7. The number of epoxide rings is 1. The topological polar surface area (TPSA) is 120 Å². The highest BCUT2D eigenvalue weighted by molar-refractivity contribution is 7.45. The van der Waals surface area contributed by atoms with Gasteiger partial charge in [0, 0.05) is 6.42 Å². The Morgan fingerprint density at radius 1 is 0.804 bits per heavy atom. The van der Waals surface area contributed by atoms with Crippen LogP contribution in [0.1, 0.15) is 129 Å². The quantitative estimate of drug-likeness (QED) is 0.0228. The Balaban J connectivity index is 2.42. The summed E-state index contributed by atoms with van der Waals surface area (Å²) in [6.07, 6.45) is 38.8. The van der Waals surface area contributed by atoms with Crippen LogP contribution in [0.5, 0.6) is 0 Å². The number of hydrogen-bond donors (Lipinski definition) is 2. The molecule has 1 aliphatic heterocycles. The van der Waals surface area contributed by atoms with Crippen molar-refractivity contribution in [2.24, 2.45) is 0 Å². The number of carbonyl (C=O) groups is 1. The predicted octanol–water partition coefficient (Wildman–Crippen LogP) is 8.65. The first-order valence-electron chi connectivity index (χ1n) is 19.8. The molecule has 0 aromatic carbocycles. The summed E-state index contributed by atoms with van der Waals surface area (Å²) in [4.78, 5) is 25.2. The Morgan fingerprint density at radius 2 is 1.41 bits per heavy atom. The maximum absolute atomic E-state index is 12.8. The Labute approximate surface area is 311 Å². The van der Waals surface area contributed by atoms with Crippen molar-refractivity contribution in [2.75, 3.05) is 40.9 Å². The number of ether oxygens (including phenoxy) is 1. The smallest absolute Gasteiger partial charge is 0.268 e. The largest absolute Gasteiger partial charge is 0.756 e. The standard InChI is InChI=1S/C41H73N2O7P/c1-6-8-10-11-12-13-14-17-20-23-27-30-38(44)37(36-49-51(46,47)48-35-34-43(3,4)5)42-41(45)33-29-25-22-19-16-15-18-21-24-28-32-40-39(50-40)31-26-9-7-2/h14-15,17-19,22,24,27-28,30,37-40,44H,6-13,16,20-21,23,25-26,29,31-36H2,1-5H3,(H-,42,45,46,47)/b17-14-,18-15-,22-19-,28-24-,30-27+/t37-,38+,39?,40?/m0/s1. The van der Waals surface area contributed by atoms with Gasteiger partial charge in [0.05, 0.1) is 52.1 Å². The summed E-state index contributed by atoms with van der Waals surface area (Å²) in [6, 6.07) is -0.935. The van der Waals surface area contributed by atoms with Crippen molar-refractivity contribution in [2.45, 2.75) is 154 Å². The van der Waals surface area contributed by atoms with Crippen molar-refractivity contribution < 1.29 is 37.6 Å². The van der Waals surface area contributed by atoms with Gasteiger partial charge in [0.25, 0.3) is 7.82 Å². The Kier molecular flexibility index (Phi) is 27.4. The van der Waals surface area contributed by atoms with E-state index >= 15 is 0 Å². The Hall–Kier alpha value is -1.84. The minimum Gasteiger partial charge on any atom is -0.756 e. The number of rotatable bonds is 33. The molecule has 1 rings (SSSR count). The monoisotopic (exact) mass is 737 g/mol. The second-order valence-corrected chi connectivity index (χ2v) is 16.1. The molecule has 0 saturated carbocycles. The lowest BCUT2D eigenvalue weighted by Gasteiger charge is -2.29. The van der Waals surface area contributed by atoms with Gasteiger partial charge in [0.2, 0.25) is 5.91 Å². The molecule has 3 unspecified atom stereocenters. The van der Waals surface area contributed by atoms with Crippen LogP contribution in [-0.2, 0) is 23.1 Å². The first-order chi connectivity index (χ1) is 24.5. The maximum atomic E-state index is 12.8. The molecule has 0 aromatic heterocycles. The van der Waals surface area contributed by atoms with Gasteiger partial charge in [-0.25, -0.2) is 0 Å². The molecule has 0 spiro atoms. The lowest BCUT2D eigenvalue weighted by Crippen LogP contribution is -2.45. The van der Waals surface area contributed by atoms with Crippen LogP contribution in [-0.4, -0.2) is 80.8 Å². The van der Waals surface area contributed by atoms with Crippen molar-refractivity contribution in [3.63, 3.8) is 0 Å². The molecule has 0 aliphatic carbocycles. The first-order valence-corrected chi connectivity index (χ1v) is 21.2. The van der Waals surface area contributed by atoms with Crippen molar-refractivity contribution in [3.05, 3.63) is 60.8 Å². The molecule has 0 radical (unpaired) electrons. The van der Waals surface area contributed by atoms with E-state index in [1.807, 2.05) is 27.2 Å². The summed E-state index contributed by atoms with van der Waals surface area (Å²) in [7, 11) is 1.19. The molecule has 1 fully saturated rings. The zero-order chi connectivity index (χ0) is 37.6. The molecule has 10 heteroatoms. The number of likely N-dealkylation sites (N-methyl/N-ethyl adjacent to an activating group) is 1. The van der Waals surface area contributed by atoms with Crippen LogP contribution in [0.4, 0.5) is 0 Å². The molecule has 1 heterocycles. The van der Waals surface area contributed by atoms with Gasteiger partial charge in [-0.3, -0.25) is 9.36 Å². The van der Waals surface area contributed by atoms with Crippen LogP contribution in [0.15, 0.2) is 60.8 Å². The number of unbranched alkanes of at least 4 members (excludes halogenated alkanes) is 9. The number of nitrogens with zero attached hydrogens (tertiary/aromatic N) is 1.